The Labute approximate surface area is 99.8 Å². The molecular weight excluding hydrogens is 214 g/mol. The Bertz CT molecular complexity index is 576. The average Bonchev–Trinajstić information content (AvgIpc) is 2.64. The van der Waals surface area contributed by atoms with Crippen molar-refractivity contribution in [1.82, 2.24) is 4.57 Å². The Morgan fingerprint density at radius 1 is 1.29 bits per heavy atom. The fourth-order valence-electron chi connectivity index (χ4n) is 1.82. The number of ether oxygens (including phenoxy) is 1. The van der Waals surface area contributed by atoms with Gasteiger partial charge in [0.2, 0.25) is 0 Å². The highest BCUT2D eigenvalue weighted by atomic mass is 16.5. The zero-order valence-electron chi connectivity index (χ0n) is 9.77. The van der Waals surface area contributed by atoms with Crippen LogP contribution in [0.3, 0.4) is 0 Å². The lowest BCUT2D eigenvalue weighted by Gasteiger charge is -2.09. The second-order valence-corrected chi connectivity index (χ2v) is 3.73. The van der Waals surface area contributed by atoms with Crippen LogP contribution in [0.25, 0.3) is 5.69 Å². The lowest BCUT2D eigenvalue weighted by molar-refractivity contribution is 0.414. The normalized spacial score (nSPS) is 9.94. The molecule has 2 aromatic rings. The standard InChI is InChI=1S/C13H13N3O/c1-9-7-10(8-14)13(15)16(9)11-3-5-12(17-2)6-4-11/h3-7H,15H2,1-2H3. The summed E-state index contributed by atoms with van der Waals surface area (Å²) in [6.45, 7) is 1.92. The smallest absolute Gasteiger partial charge is 0.126 e. The van der Waals surface area contributed by atoms with Gasteiger partial charge in [0, 0.05) is 11.4 Å². The first-order chi connectivity index (χ1) is 8.17. The molecule has 1 aromatic heterocycles. The van der Waals surface area contributed by atoms with Crippen molar-refractivity contribution < 1.29 is 4.74 Å². The minimum atomic E-state index is 0.468. The van der Waals surface area contributed by atoms with E-state index < -0.39 is 0 Å². The maximum atomic E-state index is 8.92. The first kappa shape index (κ1) is 11.1. The van der Waals surface area contributed by atoms with Crippen molar-refractivity contribution in [3.8, 4) is 17.5 Å². The maximum Gasteiger partial charge on any atom is 0.126 e. The molecule has 0 saturated carbocycles. The number of nitriles is 1. The molecule has 0 amide bonds. The van der Waals surface area contributed by atoms with Crippen LogP contribution in [0.2, 0.25) is 0 Å². The molecule has 86 valence electrons. The Morgan fingerprint density at radius 2 is 1.94 bits per heavy atom. The van der Waals surface area contributed by atoms with Gasteiger partial charge in [0.15, 0.2) is 0 Å². The summed E-state index contributed by atoms with van der Waals surface area (Å²) in [6.07, 6.45) is 0. The molecule has 0 spiro atoms. The van der Waals surface area contributed by atoms with E-state index in [1.165, 1.54) is 0 Å². The number of aryl methyl sites for hydroxylation is 1. The Balaban J connectivity index is 2.53. The summed E-state index contributed by atoms with van der Waals surface area (Å²) >= 11 is 0. The van der Waals surface area contributed by atoms with Gasteiger partial charge in [-0.25, -0.2) is 0 Å². The minimum Gasteiger partial charge on any atom is -0.497 e. The molecule has 2 rings (SSSR count). The zero-order valence-corrected chi connectivity index (χ0v) is 9.77. The van der Waals surface area contributed by atoms with Crippen LogP contribution in [0.4, 0.5) is 5.82 Å². The Kier molecular flexibility index (Phi) is 2.75. The number of nitrogens with two attached hydrogens (primary N) is 1. The summed E-state index contributed by atoms with van der Waals surface area (Å²) in [6, 6.07) is 11.4. The topological polar surface area (TPSA) is 64.0 Å². The van der Waals surface area contributed by atoms with E-state index in [0.29, 0.717) is 11.4 Å². The SMILES string of the molecule is COc1ccc(-n2c(C)cc(C#N)c2N)cc1. The molecule has 4 heteroatoms. The molecule has 1 heterocycles. The van der Waals surface area contributed by atoms with Crippen molar-refractivity contribution in [3.05, 3.63) is 41.6 Å². The van der Waals surface area contributed by atoms with E-state index in [4.69, 9.17) is 15.7 Å². The van der Waals surface area contributed by atoms with Gasteiger partial charge in [-0.3, -0.25) is 4.57 Å². The molecule has 0 aliphatic carbocycles. The van der Waals surface area contributed by atoms with Gasteiger partial charge in [-0.2, -0.15) is 5.26 Å². The lowest BCUT2D eigenvalue weighted by atomic mass is 10.3. The van der Waals surface area contributed by atoms with Gasteiger partial charge in [-0.05, 0) is 37.3 Å². The van der Waals surface area contributed by atoms with Crippen molar-refractivity contribution in [1.29, 1.82) is 5.26 Å². The molecule has 0 radical (unpaired) electrons. The van der Waals surface area contributed by atoms with Crippen LogP contribution in [-0.2, 0) is 0 Å². The molecule has 0 aliphatic rings. The van der Waals surface area contributed by atoms with Crippen molar-refractivity contribution in [2.75, 3.05) is 12.8 Å². The van der Waals surface area contributed by atoms with E-state index in [1.54, 1.807) is 13.2 Å². The summed E-state index contributed by atoms with van der Waals surface area (Å²) in [4.78, 5) is 0. The number of nitrogens with zero attached hydrogens (tertiary/aromatic N) is 2. The number of hydrogen-bond donors (Lipinski definition) is 1. The van der Waals surface area contributed by atoms with Crippen LogP contribution in [0.1, 0.15) is 11.3 Å². The van der Waals surface area contributed by atoms with E-state index >= 15 is 0 Å². The van der Waals surface area contributed by atoms with E-state index in [2.05, 4.69) is 6.07 Å². The second-order valence-electron chi connectivity index (χ2n) is 3.73. The largest absolute Gasteiger partial charge is 0.497 e. The molecule has 4 nitrogen and oxygen atoms in total. The highest BCUT2D eigenvalue weighted by Gasteiger charge is 2.10. The van der Waals surface area contributed by atoms with Crippen LogP contribution in [-0.4, -0.2) is 11.7 Å². The summed E-state index contributed by atoms with van der Waals surface area (Å²) < 4.78 is 6.94. The number of benzene rings is 1. The van der Waals surface area contributed by atoms with Crippen LogP contribution < -0.4 is 10.5 Å². The zero-order chi connectivity index (χ0) is 12.4. The van der Waals surface area contributed by atoms with Gasteiger partial charge < -0.3 is 10.5 Å². The van der Waals surface area contributed by atoms with Crippen LogP contribution in [0, 0.1) is 18.3 Å². The van der Waals surface area contributed by atoms with Crippen molar-refractivity contribution in [3.63, 3.8) is 0 Å². The third kappa shape index (κ3) is 1.83. The third-order valence-electron chi connectivity index (χ3n) is 2.67. The van der Waals surface area contributed by atoms with E-state index in [-0.39, 0.29) is 0 Å². The fraction of sp³-hybridized carbons (Fsp3) is 0.154. The first-order valence-electron chi connectivity index (χ1n) is 5.19. The molecular formula is C13H13N3O. The van der Waals surface area contributed by atoms with E-state index in [0.717, 1.165) is 17.1 Å². The molecule has 17 heavy (non-hydrogen) atoms. The number of anilines is 1. The Hall–Kier alpha value is -2.41. The Morgan fingerprint density at radius 3 is 2.41 bits per heavy atom. The van der Waals surface area contributed by atoms with Crippen LogP contribution >= 0.6 is 0 Å². The van der Waals surface area contributed by atoms with Crippen LogP contribution in [0.15, 0.2) is 30.3 Å². The molecule has 0 saturated heterocycles. The number of methoxy groups -OCH3 is 1. The maximum absolute atomic E-state index is 8.92. The summed E-state index contributed by atoms with van der Waals surface area (Å²) in [5.74, 6) is 1.26. The van der Waals surface area contributed by atoms with Gasteiger partial charge in [0.05, 0.1) is 12.7 Å². The molecule has 0 unspecified atom stereocenters. The number of rotatable bonds is 2. The van der Waals surface area contributed by atoms with Gasteiger partial charge in [-0.1, -0.05) is 0 Å². The van der Waals surface area contributed by atoms with Gasteiger partial charge in [0.1, 0.15) is 17.6 Å². The van der Waals surface area contributed by atoms with Gasteiger partial charge >= 0.3 is 0 Å². The van der Waals surface area contributed by atoms with Gasteiger partial charge in [-0.15, -0.1) is 0 Å². The quantitative estimate of drug-likeness (QED) is 0.855. The first-order valence-corrected chi connectivity index (χ1v) is 5.19. The second kappa shape index (κ2) is 4.22. The predicted octanol–water partition coefficient (Wildman–Crippen LogP) is 2.25. The minimum absolute atomic E-state index is 0.468. The molecule has 2 N–H and O–H groups in total. The molecule has 1 aromatic carbocycles. The van der Waals surface area contributed by atoms with E-state index in [1.807, 2.05) is 35.8 Å². The van der Waals surface area contributed by atoms with Crippen molar-refractivity contribution in [2.24, 2.45) is 0 Å². The lowest BCUT2D eigenvalue weighted by Crippen LogP contribution is -2.02. The third-order valence-corrected chi connectivity index (χ3v) is 2.67. The number of nitrogen functional groups attached to an aromatic ring is 1. The van der Waals surface area contributed by atoms with Crippen molar-refractivity contribution in [2.45, 2.75) is 6.92 Å². The number of hydrogen-bond acceptors (Lipinski definition) is 3. The molecule has 0 fully saturated rings. The highest BCUT2D eigenvalue weighted by Crippen LogP contribution is 2.24. The van der Waals surface area contributed by atoms with Crippen molar-refractivity contribution >= 4 is 5.82 Å². The molecule has 0 aliphatic heterocycles. The average molecular weight is 227 g/mol. The fourth-order valence-corrected chi connectivity index (χ4v) is 1.82. The monoisotopic (exact) mass is 227 g/mol. The molecule has 0 bridgehead atoms. The number of aromatic nitrogens is 1. The van der Waals surface area contributed by atoms with E-state index in [9.17, 15) is 0 Å². The predicted molar refractivity (Wildman–Crippen MR) is 66.2 cm³/mol. The summed E-state index contributed by atoms with van der Waals surface area (Å²) in [5.41, 5.74) is 8.28. The highest BCUT2D eigenvalue weighted by molar-refractivity contribution is 5.58. The van der Waals surface area contributed by atoms with Gasteiger partial charge in [0.25, 0.3) is 0 Å². The summed E-state index contributed by atoms with van der Waals surface area (Å²) in [7, 11) is 1.62. The molecule has 0 atom stereocenters. The van der Waals surface area contributed by atoms with Crippen LogP contribution in [0.5, 0.6) is 5.75 Å². The summed E-state index contributed by atoms with van der Waals surface area (Å²) in [5, 5.41) is 8.92.